The van der Waals surface area contributed by atoms with Crippen LogP contribution in [-0.2, 0) is 19.1 Å². The van der Waals surface area contributed by atoms with Crippen LogP contribution in [0.1, 0.15) is 41.0 Å². The monoisotopic (exact) mass is 204 g/mol. The molecule has 0 unspecified atom stereocenters. The summed E-state index contributed by atoms with van der Waals surface area (Å²) in [5.74, 6) is -0.336. The molecule has 0 aromatic rings. The first-order valence-corrected chi connectivity index (χ1v) is 4.76. The van der Waals surface area contributed by atoms with Gasteiger partial charge in [0.2, 0.25) is 0 Å². The summed E-state index contributed by atoms with van der Waals surface area (Å²) in [4.78, 5) is 20.2. The molecule has 0 heterocycles. The number of carbonyl (C=O) groups is 2. The maximum atomic E-state index is 10.4. The molecule has 14 heavy (non-hydrogen) atoms. The highest BCUT2D eigenvalue weighted by Gasteiger charge is 1.98. The van der Waals surface area contributed by atoms with E-state index in [1.807, 2.05) is 13.8 Å². The zero-order valence-electron chi connectivity index (χ0n) is 9.62. The summed E-state index contributed by atoms with van der Waals surface area (Å²) in [5.41, 5.74) is 0. The lowest BCUT2D eigenvalue weighted by Crippen LogP contribution is -2.09. The van der Waals surface area contributed by atoms with E-state index in [1.54, 1.807) is 13.8 Å². The van der Waals surface area contributed by atoms with Gasteiger partial charge in [-0.15, -0.1) is 0 Å². The van der Waals surface area contributed by atoms with Crippen LogP contribution in [-0.4, -0.2) is 24.6 Å². The molecule has 0 rings (SSSR count). The Kier molecular flexibility index (Phi) is 11.0. The second-order valence-corrected chi connectivity index (χ2v) is 2.82. The third-order valence-electron chi connectivity index (χ3n) is 1.00. The molecule has 4 heteroatoms. The minimum Gasteiger partial charge on any atom is -0.466 e. The van der Waals surface area contributed by atoms with E-state index in [1.165, 1.54) is 6.92 Å². The number of rotatable bonds is 3. The Morgan fingerprint density at radius 2 is 1.71 bits per heavy atom. The van der Waals surface area contributed by atoms with Gasteiger partial charge in [0.25, 0.3) is 0 Å². The lowest BCUT2D eigenvalue weighted by molar-refractivity contribution is -0.147. The maximum Gasteiger partial charge on any atom is 0.305 e. The van der Waals surface area contributed by atoms with Gasteiger partial charge in [-0.25, -0.2) is 0 Å². The van der Waals surface area contributed by atoms with Crippen molar-refractivity contribution in [1.29, 1.82) is 0 Å². The first-order valence-electron chi connectivity index (χ1n) is 4.76. The summed E-state index contributed by atoms with van der Waals surface area (Å²) in [7, 11) is 0. The predicted octanol–water partition coefficient (Wildman–Crippen LogP) is 1.92. The van der Waals surface area contributed by atoms with Crippen LogP contribution in [0.5, 0.6) is 0 Å². The molecule has 0 aliphatic heterocycles. The van der Waals surface area contributed by atoms with Crippen LogP contribution in [0.3, 0.4) is 0 Å². The summed E-state index contributed by atoms with van der Waals surface area (Å²) in [6.45, 7) is 9.12. The molecule has 0 atom stereocenters. The molecule has 4 nitrogen and oxygen atoms in total. The van der Waals surface area contributed by atoms with E-state index >= 15 is 0 Å². The van der Waals surface area contributed by atoms with Gasteiger partial charge in [0.15, 0.2) is 0 Å². The summed E-state index contributed by atoms with van der Waals surface area (Å²) in [5, 5.41) is 0. The molecule has 0 aromatic heterocycles. The second-order valence-electron chi connectivity index (χ2n) is 2.82. The van der Waals surface area contributed by atoms with E-state index in [0.717, 1.165) is 0 Å². The second kappa shape index (κ2) is 10.0. The van der Waals surface area contributed by atoms with Gasteiger partial charge in [-0.2, -0.15) is 0 Å². The van der Waals surface area contributed by atoms with Crippen molar-refractivity contribution in [2.24, 2.45) is 0 Å². The van der Waals surface area contributed by atoms with Gasteiger partial charge >= 0.3 is 11.9 Å². The van der Waals surface area contributed by atoms with Crippen LogP contribution in [0.15, 0.2) is 0 Å². The topological polar surface area (TPSA) is 52.6 Å². The minimum atomic E-state index is -0.211. The van der Waals surface area contributed by atoms with Gasteiger partial charge < -0.3 is 9.47 Å². The van der Waals surface area contributed by atoms with Gasteiger partial charge in [0, 0.05) is 13.3 Å². The van der Waals surface area contributed by atoms with Crippen molar-refractivity contribution in [3.63, 3.8) is 0 Å². The smallest absolute Gasteiger partial charge is 0.305 e. The van der Waals surface area contributed by atoms with Crippen molar-refractivity contribution in [1.82, 2.24) is 0 Å². The minimum absolute atomic E-state index is 0.0300. The van der Waals surface area contributed by atoms with Crippen molar-refractivity contribution in [2.45, 2.75) is 47.1 Å². The largest absolute Gasteiger partial charge is 0.466 e. The van der Waals surface area contributed by atoms with Crippen molar-refractivity contribution >= 4 is 11.9 Å². The van der Waals surface area contributed by atoms with Crippen molar-refractivity contribution < 1.29 is 19.1 Å². The quantitative estimate of drug-likeness (QED) is 0.659. The van der Waals surface area contributed by atoms with Crippen molar-refractivity contribution in [3.05, 3.63) is 0 Å². The molecule has 0 radical (unpaired) electrons. The number of ether oxygens (including phenoxy) is 2. The highest BCUT2D eigenvalue weighted by Crippen LogP contribution is 1.90. The zero-order chi connectivity index (χ0) is 11.6. The van der Waals surface area contributed by atoms with Gasteiger partial charge in [-0.05, 0) is 20.8 Å². The van der Waals surface area contributed by atoms with E-state index in [9.17, 15) is 9.59 Å². The molecule has 0 N–H and O–H groups in total. The summed E-state index contributed by atoms with van der Waals surface area (Å²) in [6, 6.07) is 0. The fourth-order valence-corrected chi connectivity index (χ4v) is 0.549. The molecule has 0 aromatic carbocycles. The van der Waals surface area contributed by atoms with Gasteiger partial charge in [-0.1, -0.05) is 6.92 Å². The Labute approximate surface area is 85.6 Å². The molecular formula is C10H20O4. The Morgan fingerprint density at radius 3 is 1.79 bits per heavy atom. The predicted molar refractivity (Wildman–Crippen MR) is 53.8 cm³/mol. The Balaban J connectivity index is 0. The van der Waals surface area contributed by atoms with Gasteiger partial charge in [-0.3, -0.25) is 9.59 Å². The van der Waals surface area contributed by atoms with Crippen LogP contribution in [0.2, 0.25) is 0 Å². The van der Waals surface area contributed by atoms with Crippen LogP contribution in [0, 0.1) is 0 Å². The van der Waals surface area contributed by atoms with Crippen molar-refractivity contribution in [2.75, 3.05) is 6.61 Å². The third kappa shape index (κ3) is 17.1. The molecule has 0 saturated carbocycles. The van der Waals surface area contributed by atoms with E-state index < -0.39 is 0 Å². The van der Waals surface area contributed by atoms with Crippen LogP contribution in [0.4, 0.5) is 0 Å². The number of hydrogen-bond donors (Lipinski definition) is 0. The molecule has 0 amide bonds. The summed E-state index contributed by atoms with van der Waals surface area (Å²) in [6.07, 6.45) is 0.500. The molecule has 0 spiro atoms. The van der Waals surface area contributed by atoms with Gasteiger partial charge in [0.1, 0.15) is 0 Å². The van der Waals surface area contributed by atoms with E-state index in [-0.39, 0.29) is 18.0 Å². The third-order valence-corrected chi connectivity index (χ3v) is 1.00. The average molecular weight is 204 g/mol. The maximum absolute atomic E-state index is 10.4. The molecule has 0 aliphatic rings. The fraction of sp³-hybridized carbons (Fsp3) is 0.800. The van der Waals surface area contributed by atoms with Gasteiger partial charge in [0.05, 0.1) is 12.7 Å². The standard InChI is InChI=1S/C6H12O2.C4H8O2/c1-4-6(7)8-5(2)3;1-3-6-4(2)5/h5H,4H2,1-3H3;3H2,1-2H3. The lowest BCUT2D eigenvalue weighted by atomic mass is 10.4. The Hall–Kier alpha value is -1.06. The molecular weight excluding hydrogens is 184 g/mol. The van der Waals surface area contributed by atoms with E-state index in [4.69, 9.17) is 4.74 Å². The van der Waals surface area contributed by atoms with E-state index in [2.05, 4.69) is 4.74 Å². The lowest BCUT2D eigenvalue weighted by Gasteiger charge is -2.04. The van der Waals surface area contributed by atoms with Crippen molar-refractivity contribution in [3.8, 4) is 0 Å². The first-order chi connectivity index (χ1) is 6.43. The molecule has 0 saturated heterocycles. The van der Waals surface area contributed by atoms with Crippen LogP contribution < -0.4 is 0 Å². The Bertz CT molecular complexity index is 164. The number of esters is 2. The molecule has 0 fully saturated rings. The SMILES string of the molecule is CCC(=O)OC(C)C.CCOC(C)=O. The fourth-order valence-electron chi connectivity index (χ4n) is 0.549. The average Bonchev–Trinajstić information content (AvgIpc) is 2.03. The normalized spacial score (nSPS) is 8.71. The molecule has 84 valence electrons. The Morgan fingerprint density at radius 1 is 1.21 bits per heavy atom. The zero-order valence-corrected chi connectivity index (χ0v) is 9.62. The summed E-state index contributed by atoms with van der Waals surface area (Å²) >= 11 is 0. The number of carbonyl (C=O) groups excluding carboxylic acids is 2. The molecule has 0 bridgehead atoms. The highest BCUT2D eigenvalue weighted by atomic mass is 16.5. The molecule has 0 aliphatic carbocycles. The first kappa shape index (κ1) is 15.4. The van der Waals surface area contributed by atoms with E-state index in [0.29, 0.717) is 13.0 Å². The highest BCUT2D eigenvalue weighted by molar-refractivity contribution is 5.68. The van der Waals surface area contributed by atoms with Crippen LogP contribution in [0.25, 0.3) is 0 Å². The van der Waals surface area contributed by atoms with Crippen LogP contribution >= 0.6 is 0 Å². The summed E-state index contributed by atoms with van der Waals surface area (Å²) < 4.78 is 9.16. The number of hydrogen-bond acceptors (Lipinski definition) is 4.